The largest absolute Gasteiger partial charge is 0.493 e. The van der Waals surface area contributed by atoms with Gasteiger partial charge in [0.05, 0.1) is 18.2 Å². The maximum Gasteiger partial charge on any atom is 0.187 e. The average Bonchev–Trinajstić information content (AvgIpc) is 2.46. The quantitative estimate of drug-likeness (QED) is 0.475. The van der Waals surface area contributed by atoms with Crippen molar-refractivity contribution in [3.8, 4) is 11.8 Å². The molecule has 2 aromatic rings. The van der Waals surface area contributed by atoms with Crippen LogP contribution >= 0.6 is 11.8 Å². The van der Waals surface area contributed by atoms with Crippen LogP contribution in [-0.4, -0.2) is 22.3 Å². The standard InChI is InChI=1S/C14H13N3OS/c1-11-9-16-14(17-10-11)19-7-6-18-13-4-2-12(8-15)3-5-13/h2-5,9-10H,6-7H2,1H3. The smallest absolute Gasteiger partial charge is 0.187 e. The molecule has 0 N–H and O–H groups in total. The minimum atomic E-state index is 0.577. The Labute approximate surface area is 116 Å². The summed E-state index contributed by atoms with van der Waals surface area (Å²) in [5.41, 5.74) is 1.69. The van der Waals surface area contributed by atoms with E-state index in [9.17, 15) is 0 Å². The van der Waals surface area contributed by atoms with Crippen LogP contribution in [0.1, 0.15) is 11.1 Å². The molecule has 0 aliphatic rings. The third kappa shape index (κ3) is 4.27. The fraction of sp³-hybridized carbons (Fsp3) is 0.214. The molecule has 0 saturated carbocycles. The van der Waals surface area contributed by atoms with Crippen LogP contribution in [-0.2, 0) is 0 Å². The van der Waals surface area contributed by atoms with Gasteiger partial charge in [-0.3, -0.25) is 0 Å². The van der Waals surface area contributed by atoms with E-state index in [4.69, 9.17) is 10.00 Å². The van der Waals surface area contributed by atoms with E-state index in [1.54, 1.807) is 48.4 Å². The van der Waals surface area contributed by atoms with Crippen molar-refractivity contribution >= 4 is 11.8 Å². The summed E-state index contributed by atoms with van der Waals surface area (Å²) in [5.74, 6) is 1.55. The normalized spacial score (nSPS) is 9.89. The van der Waals surface area contributed by atoms with Gasteiger partial charge in [-0.05, 0) is 36.8 Å². The number of thioether (sulfide) groups is 1. The van der Waals surface area contributed by atoms with Crippen molar-refractivity contribution in [2.45, 2.75) is 12.1 Å². The highest BCUT2D eigenvalue weighted by Crippen LogP contribution is 2.14. The first-order valence-electron chi connectivity index (χ1n) is 5.82. The fourth-order valence-corrected chi connectivity index (χ4v) is 1.98. The van der Waals surface area contributed by atoms with Crippen LogP contribution in [0.4, 0.5) is 0 Å². The van der Waals surface area contributed by atoms with E-state index in [1.807, 2.05) is 6.92 Å². The number of ether oxygens (including phenoxy) is 1. The fourth-order valence-electron chi connectivity index (χ4n) is 1.37. The predicted molar refractivity (Wildman–Crippen MR) is 74.1 cm³/mol. The Kier molecular flexibility index (Phi) is 4.76. The summed E-state index contributed by atoms with van der Waals surface area (Å²) >= 11 is 1.56. The highest BCUT2D eigenvalue weighted by Gasteiger charge is 1.98. The summed E-state index contributed by atoms with van der Waals surface area (Å²) in [7, 11) is 0. The van der Waals surface area contributed by atoms with Crippen LogP contribution in [0.25, 0.3) is 0 Å². The molecule has 0 bridgehead atoms. The minimum absolute atomic E-state index is 0.577. The molecule has 4 nitrogen and oxygen atoms in total. The first-order valence-corrected chi connectivity index (χ1v) is 6.81. The Balaban J connectivity index is 1.74. The molecule has 1 heterocycles. The first-order chi connectivity index (χ1) is 9.28. The zero-order chi connectivity index (χ0) is 13.5. The van der Waals surface area contributed by atoms with Crippen molar-refractivity contribution in [3.63, 3.8) is 0 Å². The Hall–Kier alpha value is -2.06. The molecule has 0 fully saturated rings. The molecule has 0 amide bonds. The van der Waals surface area contributed by atoms with Crippen molar-refractivity contribution in [1.82, 2.24) is 9.97 Å². The SMILES string of the molecule is Cc1cnc(SCCOc2ccc(C#N)cc2)nc1. The van der Waals surface area contributed by atoms with Crippen molar-refractivity contribution in [3.05, 3.63) is 47.8 Å². The highest BCUT2D eigenvalue weighted by molar-refractivity contribution is 7.99. The second kappa shape index (κ2) is 6.76. The van der Waals surface area contributed by atoms with Gasteiger partial charge in [0.1, 0.15) is 5.75 Å². The number of rotatable bonds is 5. The second-order valence-electron chi connectivity index (χ2n) is 3.88. The van der Waals surface area contributed by atoms with E-state index in [1.165, 1.54) is 0 Å². The van der Waals surface area contributed by atoms with Crippen molar-refractivity contribution < 1.29 is 4.74 Å². The summed E-state index contributed by atoms with van der Waals surface area (Å²) in [6.45, 7) is 2.54. The van der Waals surface area contributed by atoms with Crippen LogP contribution in [0.3, 0.4) is 0 Å². The minimum Gasteiger partial charge on any atom is -0.493 e. The number of aromatic nitrogens is 2. The van der Waals surface area contributed by atoms with Crippen molar-refractivity contribution in [1.29, 1.82) is 5.26 Å². The number of aryl methyl sites for hydroxylation is 1. The zero-order valence-electron chi connectivity index (χ0n) is 10.5. The number of hydrogen-bond acceptors (Lipinski definition) is 5. The average molecular weight is 271 g/mol. The van der Waals surface area contributed by atoms with E-state index in [2.05, 4.69) is 16.0 Å². The van der Waals surface area contributed by atoms with Crippen molar-refractivity contribution in [2.75, 3.05) is 12.4 Å². The van der Waals surface area contributed by atoms with Gasteiger partial charge in [0.2, 0.25) is 0 Å². The van der Waals surface area contributed by atoms with Crippen LogP contribution in [0.15, 0.2) is 41.8 Å². The lowest BCUT2D eigenvalue weighted by atomic mass is 10.2. The van der Waals surface area contributed by atoms with Gasteiger partial charge in [-0.15, -0.1) is 0 Å². The third-order valence-corrected chi connectivity index (χ3v) is 3.16. The molecule has 0 unspecified atom stereocenters. The van der Waals surface area contributed by atoms with Crippen molar-refractivity contribution in [2.24, 2.45) is 0 Å². The molecule has 2 rings (SSSR count). The number of hydrogen-bond donors (Lipinski definition) is 0. The lowest BCUT2D eigenvalue weighted by molar-refractivity contribution is 0.344. The summed E-state index contributed by atoms with van der Waals surface area (Å²) in [6.07, 6.45) is 3.60. The van der Waals surface area contributed by atoms with E-state index >= 15 is 0 Å². The molecule has 0 atom stereocenters. The van der Waals surface area contributed by atoms with Crippen LogP contribution in [0.5, 0.6) is 5.75 Å². The lowest BCUT2D eigenvalue weighted by Gasteiger charge is -2.05. The van der Waals surface area contributed by atoms with Gasteiger partial charge in [-0.25, -0.2) is 9.97 Å². The molecule has 0 radical (unpaired) electrons. The molecule has 1 aromatic carbocycles. The van der Waals surface area contributed by atoms with Gasteiger partial charge in [0.25, 0.3) is 0 Å². The Morgan fingerprint density at radius 1 is 1.21 bits per heavy atom. The number of nitriles is 1. The Morgan fingerprint density at radius 3 is 2.53 bits per heavy atom. The summed E-state index contributed by atoms with van der Waals surface area (Å²) in [4.78, 5) is 8.41. The lowest BCUT2D eigenvalue weighted by Crippen LogP contribution is -2.01. The van der Waals surface area contributed by atoms with E-state index in [0.29, 0.717) is 12.2 Å². The predicted octanol–water partition coefficient (Wildman–Crippen LogP) is 2.83. The van der Waals surface area contributed by atoms with Crippen LogP contribution in [0.2, 0.25) is 0 Å². The van der Waals surface area contributed by atoms with Gasteiger partial charge >= 0.3 is 0 Å². The molecule has 0 saturated heterocycles. The van der Waals surface area contributed by atoms with Gasteiger partial charge in [0, 0.05) is 18.1 Å². The molecule has 96 valence electrons. The third-order valence-electron chi connectivity index (χ3n) is 2.32. The Morgan fingerprint density at radius 2 is 1.89 bits per heavy atom. The maximum absolute atomic E-state index is 8.68. The number of benzene rings is 1. The van der Waals surface area contributed by atoms with E-state index < -0.39 is 0 Å². The van der Waals surface area contributed by atoms with E-state index in [0.717, 1.165) is 22.2 Å². The summed E-state index contributed by atoms with van der Waals surface area (Å²) in [5, 5.41) is 9.44. The topological polar surface area (TPSA) is 58.8 Å². The van der Waals surface area contributed by atoms with Gasteiger partial charge in [-0.2, -0.15) is 5.26 Å². The molecule has 0 spiro atoms. The molecule has 0 aliphatic carbocycles. The van der Waals surface area contributed by atoms with E-state index in [-0.39, 0.29) is 0 Å². The summed E-state index contributed by atoms with van der Waals surface area (Å²) < 4.78 is 5.57. The van der Waals surface area contributed by atoms with Gasteiger partial charge in [-0.1, -0.05) is 11.8 Å². The second-order valence-corrected chi connectivity index (χ2v) is 4.94. The highest BCUT2D eigenvalue weighted by atomic mass is 32.2. The molecule has 19 heavy (non-hydrogen) atoms. The molecular weight excluding hydrogens is 258 g/mol. The zero-order valence-corrected chi connectivity index (χ0v) is 11.4. The molecule has 1 aromatic heterocycles. The number of nitrogens with zero attached hydrogens (tertiary/aromatic N) is 3. The molecule has 0 aliphatic heterocycles. The van der Waals surface area contributed by atoms with Crippen LogP contribution in [0, 0.1) is 18.3 Å². The Bertz CT molecular complexity index is 561. The maximum atomic E-state index is 8.68. The molecular formula is C14H13N3OS. The summed E-state index contributed by atoms with van der Waals surface area (Å²) in [6, 6.07) is 9.15. The van der Waals surface area contributed by atoms with Crippen LogP contribution < -0.4 is 4.74 Å². The first kappa shape index (κ1) is 13.4. The molecule has 5 heteroatoms. The van der Waals surface area contributed by atoms with Gasteiger partial charge in [0.15, 0.2) is 5.16 Å². The monoisotopic (exact) mass is 271 g/mol. The van der Waals surface area contributed by atoms with Gasteiger partial charge < -0.3 is 4.74 Å².